The number of amides is 1. The van der Waals surface area contributed by atoms with Crippen LogP contribution in [0.15, 0.2) is 66.9 Å². The van der Waals surface area contributed by atoms with Gasteiger partial charge in [-0.05, 0) is 42.8 Å². The largest absolute Gasteiger partial charge is 0.360 e. The maximum atomic E-state index is 13.1. The number of fused-ring (bicyclic) bond motifs is 1. The summed E-state index contributed by atoms with van der Waals surface area (Å²) in [5, 5.41) is 14.4. The average Bonchev–Trinajstić information content (AvgIpc) is 3.20. The molecule has 0 radical (unpaired) electrons. The van der Waals surface area contributed by atoms with Crippen molar-refractivity contribution >= 4 is 17.3 Å². The van der Waals surface area contributed by atoms with Crippen LogP contribution < -0.4 is 5.32 Å². The van der Waals surface area contributed by atoms with Gasteiger partial charge in [0.2, 0.25) is 0 Å². The van der Waals surface area contributed by atoms with Crippen LogP contribution >= 0.6 is 0 Å². The van der Waals surface area contributed by atoms with Crippen LogP contribution in [0.25, 0.3) is 5.69 Å². The topological polar surface area (TPSA) is 80.4 Å². The predicted octanol–water partition coefficient (Wildman–Crippen LogP) is 4.36. The molecule has 3 aromatic rings. The molecule has 0 saturated carbocycles. The van der Waals surface area contributed by atoms with Gasteiger partial charge in [-0.15, -0.1) is 0 Å². The molecular weight excluding hydrogens is 356 g/mol. The van der Waals surface area contributed by atoms with E-state index in [1.165, 1.54) is 12.1 Å². The highest BCUT2D eigenvalue weighted by atomic mass is 16.6. The molecule has 4 rings (SSSR count). The quantitative estimate of drug-likeness (QED) is 0.530. The lowest BCUT2D eigenvalue weighted by Gasteiger charge is -2.38. The summed E-state index contributed by atoms with van der Waals surface area (Å²) in [5.41, 5.74) is 3.22. The van der Waals surface area contributed by atoms with Crippen molar-refractivity contribution in [1.29, 1.82) is 0 Å². The van der Waals surface area contributed by atoms with E-state index in [0.29, 0.717) is 12.1 Å². The van der Waals surface area contributed by atoms with Gasteiger partial charge in [-0.1, -0.05) is 19.1 Å². The molecule has 1 aromatic heterocycles. The van der Waals surface area contributed by atoms with Gasteiger partial charge in [0.15, 0.2) is 0 Å². The van der Waals surface area contributed by atoms with E-state index in [1.807, 2.05) is 59.0 Å². The molecule has 1 aliphatic rings. The van der Waals surface area contributed by atoms with Gasteiger partial charge in [0.05, 0.1) is 16.2 Å². The molecule has 0 spiro atoms. The predicted molar refractivity (Wildman–Crippen MR) is 107 cm³/mol. The number of benzene rings is 2. The third-order valence-corrected chi connectivity index (χ3v) is 4.89. The Morgan fingerprint density at radius 1 is 1.07 bits per heavy atom. The molecule has 0 unspecified atom stereocenters. The number of rotatable bonds is 5. The molecule has 1 atom stereocenters. The lowest BCUT2D eigenvalue weighted by atomic mass is 10.1. The zero-order valence-electron chi connectivity index (χ0n) is 15.4. The Morgan fingerprint density at radius 2 is 1.82 bits per heavy atom. The summed E-state index contributed by atoms with van der Waals surface area (Å²) >= 11 is 0. The second-order valence-electron chi connectivity index (χ2n) is 6.67. The Morgan fingerprint density at radius 3 is 2.54 bits per heavy atom. The highest BCUT2D eigenvalue weighted by Crippen LogP contribution is 2.34. The Labute approximate surface area is 162 Å². The summed E-state index contributed by atoms with van der Waals surface area (Å²) in [7, 11) is 0. The van der Waals surface area contributed by atoms with E-state index >= 15 is 0 Å². The van der Waals surface area contributed by atoms with Crippen LogP contribution in [0.1, 0.15) is 35.6 Å². The van der Waals surface area contributed by atoms with Gasteiger partial charge in [0, 0.05) is 36.2 Å². The minimum absolute atomic E-state index is 0.00218. The molecule has 7 heteroatoms. The van der Waals surface area contributed by atoms with Crippen molar-refractivity contribution in [3.8, 4) is 5.69 Å². The number of nitrogens with zero attached hydrogens (tertiary/aromatic N) is 3. The van der Waals surface area contributed by atoms with Gasteiger partial charge >= 0.3 is 0 Å². The molecule has 0 fully saturated rings. The smallest absolute Gasteiger partial charge is 0.269 e. The first kappa shape index (κ1) is 17.8. The lowest BCUT2D eigenvalue weighted by molar-refractivity contribution is -0.384. The monoisotopic (exact) mass is 376 g/mol. The van der Waals surface area contributed by atoms with Crippen LogP contribution in [-0.2, 0) is 0 Å². The lowest BCUT2D eigenvalue weighted by Crippen LogP contribution is -2.44. The van der Waals surface area contributed by atoms with E-state index in [9.17, 15) is 14.9 Å². The van der Waals surface area contributed by atoms with Gasteiger partial charge in [-0.3, -0.25) is 14.9 Å². The van der Waals surface area contributed by atoms with Crippen LogP contribution in [-0.4, -0.2) is 26.8 Å². The van der Waals surface area contributed by atoms with Crippen LogP contribution in [0.3, 0.4) is 0 Å². The molecule has 2 heterocycles. The molecule has 142 valence electrons. The Bertz CT molecular complexity index is 1030. The summed E-state index contributed by atoms with van der Waals surface area (Å²) in [6.07, 6.45) is 2.41. The Hall–Kier alpha value is -3.61. The second kappa shape index (κ2) is 7.19. The van der Waals surface area contributed by atoms with Crippen molar-refractivity contribution in [2.75, 3.05) is 11.9 Å². The standard InChI is InChI=1S/C21H20N4O3/c1-2-13-24-20(22-18-7-4-3-6-17(18)21(24)26)19-8-5-14-23(19)15-9-11-16(12-10-15)25(27)28/h3-12,14,20,22H,2,13H2,1H3/t20-/m1/s1. The minimum atomic E-state index is -0.415. The van der Waals surface area contributed by atoms with Crippen molar-refractivity contribution in [2.24, 2.45) is 0 Å². The van der Waals surface area contributed by atoms with Crippen molar-refractivity contribution in [1.82, 2.24) is 9.47 Å². The molecule has 1 N–H and O–H groups in total. The Kier molecular flexibility index (Phi) is 4.57. The zero-order chi connectivity index (χ0) is 19.7. The fraction of sp³-hybridized carbons (Fsp3) is 0.190. The third-order valence-electron chi connectivity index (χ3n) is 4.89. The first-order valence-corrected chi connectivity index (χ1v) is 9.18. The normalized spacial score (nSPS) is 15.8. The van der Waals surface area contributed by atoms with Crippen molar-refractivity contribution in [2.45, 2.75) is 19.5 Å². The van der Waals surface area contributed by atoms with E-state index in [4.69, 9.17) is 0 Å². The number of hydrogen-bond donors (Lipinski definition) is 1. The first-order chi connectivity index (χ1) is 13.6. The van der Waals surface area contributed by atoms with E-state index in [1.54, 1.807) is 12.1 Å². The summed E-state index contributed by atoms with van der Waals surface area (Å²) in [5.74, 6) is -0.00218. The van der Waals surface area contributed by atoms with Crippen LogP contribution in [0.4, 0.5) is 11.4 Å². The van der Waals surface area contributed by atoms with Gasteiger partial charge in [0.25, 0.3) is 11.6 Å². The van der Waals surface area contributed by atoms with E-state index in [-0.39, 0.29) is 17.8 Å². The molecular formula is C21H20N4O3. The number of nitrogens with one attached hydrogen (secondary N) is 1. The van der Waals surface area contributed by atoms with Crippen LogP contribution in [0, 0.1) is 10.1 Å². The summed E-state index contributed by atoms with van der Waals surface area (Å²) in [6.45, 7) is 2.66. The van der Waals surface area contributed by atoms with E-state index < -0.39 is 4.92 Å². The number of carbonyl (C=O) groups is 1. The van der Waals surface area contributed by atoms with Gasteiger partial charge in [0.1, 0.15) is 6.17 Å². The fourth-order valence-electron chi connectivity index (χ4n) is 3.58. The third kappa shape index (κ3) is 3.00. The van der Waals surface area contributed by atoms with Gasteiger partial charge in [-0.2, -0.15) is 0 Å². The van der Waals surface area contributed by atoms with E-state index in [2.05, 4.69) is 5.32 Å². The highest BCUT2D eigenvalue weighted by molar-refractivity contribution is 6.01. The number of anilines is 1. The minimum Gasteiger partial charge on any atom is -0.360 e. The highest BCUT2D eigenvalue weighted by Gasteiger charge is 2.33. The summed E-state index contributed by atoms with van der Waals surface area (Å²) in [6, 6.07) is 17.8. The van der Waals surface area contributed by atoms with Gasteiger partial charge < -0.3 is 14.8 Å². The molecule has 0 bridgehead atoms. The summed E-state index contributed by atoms with van der Waals surface area (Å²) in [4.78, 5) is 25.4. The molecule has 1 amide bonds. The van der Waals surface area contributed by atoms with Crippen molar-refractivity contribution in [3.05, 3.63) is 88.2 Å². The maximum absolute atomic E-state index is 13.1. The average molecular weight is 376 g/mol. The molecule has 0 saturated heterocycles. The van der Waals surface area contributed by atoms with Crippen molar-refractivity contribution in [3.63, 3.8) is 0 Å². The molecule has 28 heavy (non-hydrogen) atoms. The maximum Gasteiger partial charge on any atom is 0.269 e. The number of non-ortho nitro benzene ring substituents is 1. The van der Waals surface area contributed by atoms with Gasteiger partial charge in [-0.25, -0.2) is 0 Å². The second-order valence-corrected chi connectivity index (χ2v) is 6.67. The van der Waals surface area contributed by atoms with E-state index in [0.717, 1.165) is 23.5 Å². The molecule has 1 aliphatic heterocycles. The SMILES string of the molecule is CCCN1C(=O)c2ccccc2N[C@H]1c1cccn1-c1ccc([N+](=O)[O-])cc1. The fourth-order valence-corrected chi connectivity index (χ4v) is 3.58. The molecule has 7 nitrogen and oxygen atoms in total. The number of carbonyl (C=O) groups excluding carboxylic acids is 1. The van der Waals surface area contributed by atoms with Crippen LogP contribution in [0.5, 0.6) is 0 Å². The summed E-state index contributed by atoms with van der Waals surface area (Å²) < 4.78 is 1.95. The molecule has 2 aromatic carbocycles. The number of para-hydroxylation sites is 1. The number of aromatic nitrogens is 1. The first-order valence-electron chi connectivity index (χ1n) is 9.18. The van der Waals surface area contributed by atoms with Crippen molar-refractivity contribution < 1.29 is 9.72 Å². The molecule has 0 aliphatic carbocycles. The zero-order valence-corrected chi connectivity index (χ0v) is 15.4. The number of nitro groups is 1. The number of nitro benzene ring substituents is 1. The van der Waals surface area contributed by atoms with Crippen LogP contribution in [0.2, 0.25) is 0 Å². The Balaban J connectivity index is 1.75. The number of hydrogen-bond acceptors (Lipinski definition) is 4.